The van der Waals surface area contributed by atoms with Gasteiger partial charge in [-0.2, -0.15) is 0 Å². The molecule has 11 heavy (non-hydrogen) atoms. The number of carboxylic acid groups (broad SMARTS) is 1. The molecule has 2 aliphatic rings. The molecule has 0 aromatic carbocycles. The first-order chi connectivity index (χ1) is 5.27. The van der Waals surface area contributed by atoms with Gasteiger partial charge in [-0.05, 0) is 25.8 Å². The predicted octanol–water partition coefficient (Wildman–Crippen LogP) is 0.555. The summed E-state index contributed by atoms with van der Waals surface area (Å²) in [5.74, 6) is -0.705. The summed E-state index contributed by atoms with van der Waals surface area (Å²) in [5.41, 5.74) is 0. The van der Waals surface area contributed by atoms with Crippen molar-refractivity contribution in [2.24, 2.45) is 5.92 Å². The smallest absolute Gasteiger partial charge is 0.307 e. The van der Waals surface area contributed by atoms with Crippen LogP contribution in [0.4, 0.5) is 0 Å². The Hall–Kier alpha value is -0.570. The third-order valence-corrected chi connectivity index (χ3v) is 2.63. The van der Waals surface area contributed by atoms with Gasteiger partial charge in [0.2, 0.25) is 0 Å². The van der Waals surface area contributed by atoms with Crippen molar-refractivity contribution < 1.29 is 9.90 Å². The van der Waals surface area contributed by atoms with Crippen molar-refractivity contribution in [3.63, 3.8) is 0 Å². The number of rotatable bonds is 2. The SMILES string of the molecule is O=C(O)C1CCN(C2CC2)C1. The molecule has 1 atom stereocenters. The Morgan fingerprint density at radius 2 is 2.09 bits per heavy atom. The number of carboxylic acids is 1. The Morgan fingerprint density at radius 3 is 2.55 bits per heavy atom. The molecule has 1 aliphatic heterocycles. The van der Waals surface area contributed by atoms with Crippen LogP contribution < -0.4 is 0 Å². The van der Waals surface area contributed by atoms with Gasteiger partial charge < -0.3 is 5.11 Å². The molecule has 1 unspecified atom stereocenters. The number of aliphatic carboxylic acids is 1. The highest BCUT2D eigenvalue weighted by Gasteiger charge is 2.36. The van der Waals surface area contributed by atoms with Crippen molar-refractivity contribution in [1.29, 1.82) is 0 Å². The molecule has 0 aromatic rings. The van der Waals surface area contributed by atoms with Crippen LogP contribution in [0.1, 0.15) is 19.3 Å². The van der Waals surface area contributed by atoms with Gasteiger partial charge in [-0.15, -0.1) is 0 Å². The standard InChI is InChI=1S/C8H13NO2/c10-8(11)6-3-4-9(5-6)7-1-2-7/h6-7H,1-5H2,(H,10,11). The highest BCUT2D eigenvalue weighted by atomic mass is 16.4. The number of hydrogen-bond acceptors (Lipinski definition) is 2. The van der Waals surface area contributed by atoms with Crippen LogP contribution >= 0.6 is 0 Å². The summed E-state index contributed by atoms with van der Waals surface area (Å²) in [6, 6.07) is 0.736. The molecule has 0 spiro atoms. The lowest BCUT2D eigenvalue weighted by Gasteiger charge is -2.12. The third kappa shape index (κ3) is 1.38. The van der Waals surface area contributed by atoms with Crippen molar-refractivity contribution in [3.05, 3.63) is 0 Å². The lowest BCUT2D eigenvalue weighted by molar-refractivity contribution is -0.141. The fraction of sp³-hybridized carbons (Fsp3) is 0.875. The van der Waals surface area contributed by atoms with E-state index in [9.17, 15) is 4.79 Å². The maximum Gasteiger partial charge on any atom is 0.307 e. The molecule has 2 rings (SSSR count). The molecular weight excluding hydrogens is 142 g/mol. The van der Waals surface area contributed by atoms with Crippen LogP contribution in [-0.2, 0) is 4.79 Å². The predicted molar refractivity (Wildman–Crippen MR) is 40.3 cm³/mol. The highest BCUT2D eigenvalue weighted by molar-refractivity contribution is 5.70. The monoisotopic (exact) mass is 155 g/mol. The molecule has 1 N–H and O–H groups in total. The molecule has 0 amide bonds. The zero-order valence-corrected chi connectivity index (χ0v) is 6.49. The van der Waals surface area contributed by atoms with Gasteiger partial charge in [0.05, 0.1) is 5.92 Å². The minimum Gasteiger partial charge on any atom is -0.481 e. The average molecular weight is 155 g/mol. The van der Waals surface area contributed by atoms with Crippen molar-refractivity contribution >= 4 is 5.97 Å². The van der Waals surface area contributed by atoms with Crippen molar-refractivity contribution in [3.8, 4) is 0 Å². The highest BCUT2D eigenvalue weighted by Crippen LogP contribution is 2.31. The minimum atomic E-state index is -0.617. The molecule has 1 saturated carbocycles. The van der Waals surface area contributed by atoms with Crippen LogP contribution in [-0.4, -0.2) is 35.1 Å². The normalized spacial score (nSPS) is 32.5. The summed E-state index contributed by atoms with van der Waals surface area (Å²) >= 11 is 0. The molecule has 62 valence electrons. The molecule has 0 aromatic heterocycles. The van der Waals surface area contributed by atoms with E-state index in [-0.39, 0.29) is 5.92 Å². The van der Waals surface area contributed by atoms with Crippen LogP contribution in [0.15, 0.2) is 0 Å². The zero-order chi connectivity index (χ0) is 7.84. The molecule has 0 bridgehead atoms. The van der Waals surface area contributed by atoms with Gasteiger partial charge in [0, 0.05) is 12.6 Å². The Balaban J connectivity index is 1.87. The number of hydrogen-bond donors (Lipinski definition) is 1. The fourth-order valence-corrected chi connectivity index (χ4v) is 1.76. The van der Waals surface area contributed by atoms with Crippen LogP contribution in [0.25, 0.3) is 0 Å². The Kier molecular flexibility index (Phi) is 1.60. The number of nitrogens with zero attached hydrogens (tertiary/aromatic N) is 1. The Morgan fingerprint density at radius 1 is 1.36 bits per heavy atom. The Labute approximate surface area is 66.0 Å². The van der Waals surface area contributed by atoms with E-state index in [2.05, 4.69) is 4.90 Å². The minimum absolute atomic E-state index is 0.0874. The first-order valence-corrected chi connectivity index (χ1v) is 4.24. The van der Waals surface area contributed by atoms with E-state index in [1.165, 1.54) is 12.8 Å². The van der Waals surface area contributed by atoms with Crippen LogP contribution in [0.2, 0.25) is 0 Å². The van der Waals surface area contributed by atoms with Crippen molar-refractivity contribution in [1.82, 2.24) is 4.90 Å². The molecule has 0 radical (unpaired) electrons. The fourth-order valence-electron chi connectivity index (χ4n) is 1.76. The second-order valence-electron chi connectivity index (χ2n) is 3.55. The van der Waals surface area contributed by atoms with Gasteiger partial charge in [-0.25, -0.2) is 0 Å². The molecule has 2 fully saturated rings. The van der Waals surface area contributed by atoms with E-state index >= 15 is 0 Å². The average Bonchev–Trinajstić information content (AvgIpc) is 2.68. The van der Waals surface area contributed by atoms with Crippen LogP contribution in [0, 0.1) is 5.92 Å². The van der Waals surface area contributed by atoms with Crippen LogP contribution in [0.3, 0.4) is 0 Å². The summed E-state index contributed by atoms with van der Waals surface area (Å²) in [6.45, 7) is 1.79. The first kappa shape index (κ1) is 7.10. The quantitative estimate of drug-likeness (QED) is 0.633. The second kappa shape index (κ2) is 2.48. The van der Waals surface area contributed by atoms with Crippen LogP contribution in [0.5, 0.6) is 0 Å². The van der Waals surface area contributed by atoms with E-state index in [0.29, 0.717) is 0 Å². The van der Waals surface area contributed by atoms with E-state index in [1.54, 1.807) is 0 Å². The second-order valence-corrected chi connectivity index (χ2v) is 3.55. The van der Waals surface area contributed by atoms with E-state index in [1.807, 2.05) is 0 Å². The van der Waals surface area contributed by atoms with Gasteiger partial charge in [-0.1, -0.05) is 0 Å². The first-order valence-electron chi connectivity index (χ1n) is 4.24. The van der Waals surface area contributed by atoms with E-state index in [0.717, 1.165) is 25.6 Å². The lowest BCUT2D eigenvalue weighted by Crippen LogP contribution is -2.24. The summed E-state index contributed by atoms with van der Waals surface area (Å²) in [4.78, 5) is 12.9. The summed E-state index contributed by atoms with van der Waals surface area (Å²) in [7, 11) is 0. The molecular formula is C8H13NO2. The van der Waals surface area contributed by atoms with E-state index < -0.39 is 5.97 Å². The molecule has 1 aliphatic carbocycles. The summed E-state index contributed by atoms with van der Waals surface area (Å²) in [5, 5.41) is 8.71. The topological polar surface area (TPSA) is 40.5 Å². The number of likely N-dealkylation sites (tertiary alicyclic amines) is 1. The van der Waals surface area contributed by atoms with Gasteiger partial charge in [0.15, 0.2) is 0 Å². The molecule has 1 saturated heterocycles. The van der Waals surface area contributed by atoms with Gasteiger partial charge in [0.25, 0.3) is 0 Å². The molecule has 3 nitrogen and oxygen atoms in total. The van der Waals surface area contributed by atoms with Gasteiger partial charge in [-0.3, -0.25) is 9.69 Å². The summed E-state index contributed by atoms with van der Waals surface area (Å²) < 4.78 is 0. The zero-order valence-electron chi connectivity index (χ0n) is 6.49. The van der Waals surface area contributed by atoms with Gasteiger partial charge >= 0.3 is 5.97 Å². The summed E-state index contributed by atoms with van der Waals surface area (Å²) in [6.07, 6.45) is 3.42. The van der Waals surface area contributed by atoms with Gasteiger partial charge in [0.1, 0.15) is 0 Å². The largest absolute Gasteiger partial charge is 0.481 e. The molecule has 1 heterocycles. The maximum atomic E-state index is 10.6. The van der Waals surface area contributed by atoms with Crippen molar-refractivity contribution in [2.45, 2.75) is 25.3 Å². The Bertz CT molecular complexity index is 177. The van der Waals surface area contributed by atoms with Crippen molar-refractivity contribution in [2.75, 3.05) is 13.1 Å². The lowest BCUT2D eigenvalue weighted by atomic mass is 10.1. The molecule has 3 heteroatoms. The maximum absolute atomic E-state index is 10.6. The van der Waals surface area contributed by atoms with E-state index in [4.69, 9.17) is 5.11 Å². The number of carbonyl (C=O) groups is 1. The third-order valence-electron chi connectivity index (χ3n) is 2.63.